The summed E-state index contributed by atoms with van der Waals surface area (Å²) in [6, 6.07) is 8.04. The minimum atomic E-state index is 0.135. The molecule has 0 aliphatic carbocycles. The Labute approximate surface area is 116 Å². The van der Waals surface area contributed by atoms with E-state index in [-0.39, 0.29) is 5.84 Å². The maximum atomic E-state index is 8.89. The van der Waals surface area contributed by atoms with E-state index in [1.165, 1.54) is 5.56 Å². The first-order valence-electron chi connectivity index (χ1n) is 5.92. The zero-order valence-corrected chi connectivity index (χ0v) is 11.8. The van der Waals surface area contributed by atoms with Crippen molar-refractivity contribution in [1.82, 2.24) is 0 Å². The molecule has 0 atom stereocenters. The highest BCUT2D eigenvalue weighted by Crippen LogP contribution is 2.23. The summed E-state index contributed by atoms with van der Waals surface area (Å²) in [6.45, 7) is 2.77. The van der Waals surface area contributed by atoms with Crippen LogP contribution in [0.2, 0.25) is 0 Å². The monoisotopic (exact) mass is 275 g/mol. The van der Waals surface area contributed by atoms with Crippen LogP contribution in [0.1, 0.15) is 16.7 Å². The van der Waals surface area contributed by atoms with E-state index < -0.39 is 0 Å². The topological polar surface area (TPSA) is 61.8 Å². The number of nitrogens with zero attached hydrogens (tertiary/aromatic N) is 2. The Kier molecular flexibility index (Phi) is 4.06. The van der Waals surface area contributed by atoms with Gasteiger partial charge in [0.25, 0.3) is 0 Å². The molecular weight excluding hydrogens is 258 g/mol. The highest BCUT2D eigenvalue weighted by Gasteiger charge is 2.12. The Morgan fingerprint density at radius 1 is 1.42 bits per heavy atom. The second-order valence-electron chi connectivity index (χ2n) is 4.49. The number of hydrogen-bond acceptors (Lipinski definition) is 4. The van der Waals surface area contributed by atoms with E-state index in [1.807, 2.05) is 32.2 Å². The fraction of sp³-hybridized carbons (Fsp3) is 0.214. The maximum absolute atomic E-state index is 8.89. The lowest BCUT2D eigenvalue weighted by Gasteiger charge is -2.22. The first-order chi connectivity index (χ1) is 9.11. The Bertz CT molecular complexity index is 578. The Balaban J connectivity index is 2.33. The van der Waals surface area contributed by atoms with Crippen molar-refractivity contribution in [2.24, 2.45) is 10.9 Å². The molecule has 1 heterocycles. The molecule has 0 aliphatic rings. The van der Waals surface area contributed by atoms with E-state index in [0.29, 0.717) is 0 Å². The zero-order valence-electron chi connectivity index (χ0n) is 11.0. The summed E-state index contributed by atoms with van der Waals surface area (Å²) in [6.07, 6.45) is 0. The Morgan fingerprint density at radius 2 is 2.21 bits per heavy atom. The molecule has 3 N–H and O–H groups in total. The number of oxime groups is 1. The minimum Gasteiger partial charge on any atom is -0.409 e. The van der Waals surface area contributed by atoms with E-state index >= 15 is 0 Å². The van der Waals surface area contributed by atoms with Gasteiger partial charge in [0, 0.05) is 24.8 Å². The zero-order chi connectivity index (χ0) is 13.8. The molecule has 19 heavy (non-hydrogen) atoms. The number of aryl methyl sites for hydroxylation is 1. The molecule has 4 nitrogen and oxygen atoms in total. The van der Waals surface area contributed by atoms with Gasteiger partial charge in [0.2, 0.25) is 0 Å². The summed E-state index contributed by atoms with van der Waals surface area (Å²) < 4.78 is 0. The fourth-order valence-electron chi connectivity index (χ4n) is 1.98. The van der Waals surface area contributed by atoms with E-state index in [2.05, 4.69) is 26.9 Å². The van der Waals surface area contributed by atoms with E-state index in [4.69, 9.17) is 10.9 Å². The van der Waals surface area contributed by atoms with Gasteiger partial charge in [-0.1, -0.05) is 16.8 Å². The first-order valence-corrected chi connectivity index (χ1v) is 6.87. The average Bonchev–Trinajstić information content (AvgIpc) is 2.90. The van der Waals surface area contributed by atoms with Crippen LogP contribution >= 0.6 is 11.3 Å². The molecular formula is C14H17N3OS. The highest BCUT2D eigenvalue weighted by atomic mass is 32.1. The third kappa shape index (κ3) is 3.06. The van der Waals surface area contributed by atoms with Gasteiger partial charge in [0.15, 0.2) is 5.84 Å². The Hall–Kier alpha value is -2.01. The van der Waals surface area contributed by atoms with Crippen LogP contribution in [0.5, 0.6) is 0 Å². The molecule has 2 aromatic rings. The summed E-state index contributed by atoms with van der Waals surface area (Å²) in [5.41, 5.74) is 9.78. The quantitative estimate of drug-likeness (QED) is 0.390. The molecule has 5 heteroatoms. The SMILES string of the molecule is Cc1ccc(N(C)Cc2ccsc2)c(/C(N)=N/O)c1. The molecule has 0 amide bonds. The molecule has 0 radical (unpaired) electrons. The summed E-state index contributed by atoms with van der Waals surface area (Å²) in [7, 11) is 2.00. The molecule has 0 bridgehead atoms. The van der Waals surface area contributed by atoms with Crippen molar-refractivity contribution in [2.75, 3.05) is 11.9 Å². The van der Waals surface area contributed by atoms with E-state index in [9.17, 15) is 0 Å². The lowest BCUT2D eigenvalue weighted by Crippen LogP contribution is -2.22. The smallest absolute Gasteiger partial charge is 0.172 e. The predicted octanol–water partition coefficient (Wildman–Crippen LogP) is 2.79. The molecule has 0 spiro atoms. The predicted molar refractivity (Wildman–Crippen MR) is 80.1 cm³/mol. The van der Waals surface area contributed by atoms with Crippen LogP contribution in [0, 0.1) is 6.92 Å². The molecule has 0 saturated carbocycles. The van der Waals surface area contributed by atoms with Crippen LogP contribution in [0.15, 0.2) is 40.2 Å². The van der Waals surface area contributed by atoms with Crippen molar-refractivity contribution in [1.29, 1.82) is 0 Å². The third-order valence-corrected chi connectivity index (χ3v) is 3.68. The van der Waals surface area contributed by atoms with Crippen molar-refractivity contribution in [3.8, 4) is 0 Å². The number of benzene rings is 1. The number of amidine groups is 1. The van der Waals surface area contributed by atoms with E-state index in [0.717, 1.165) is 23.4 Å². The van der Waals surface area contributed by atoms with Gasteiger partial charge in [-0.3, -0.25) is 0 Å². The Morgan fingerprint density at radius 3 is 2.84 bits per heavy atom. The number of rotatable bonds is 4. The van der Waals surface area contributed by atoms with Crippen LogP contribution in [0.3, 0.4) is 0 Å². The van der Waals surface area contributed by atoms with Gasteiger partial charge in [-0.25, -0.2) is 0 Å². The lowest BCUT2D eigenvalue weighted by atomic mass is 10.1. The standard InChI is InChI=1S/C14H17N3OS/c1-10-3-4-13(12(7-10)14(15)16-18)17(2)8-11-5-6-19-9-11/h3-7,9,18H,8H2,1-2H3,(H2,15,16). The van der Waals surface area contributed by atoms with Gasteiger partial charge in [-0.05, 0) is 41.4 Å². The third-order valence-electron chi connectivity index (χ3n) is 2.95. The van der Waals surface area contributed by atoms with Crippen LogP contribution in [-0.4, -0.2) is 18.1 Å². The molecule has 0 aliphatic heterocycles. The van der Waals surface area contributed by atoms with Crippen LogP contribution in [0.4, 0.5) is 5.69 Å². The molecule has 0 saturated heterocycles. The lowest BCUT2D eigenvalue weighted by molar-refractivity contribution is 0.318. The number of nitrogens with two attached hydrogens (primary N) is 1. The number of hydrogen-bond donors (Lipinski definition) is 2. The minimum absolute atomic E-state index is 0.135. The van der Waals surface area contributed by atoms with Gasteiger partial charge < -0.3 is 15.8 Å². The largest absolute Gasteiger partial charge is 0.409 e. The van der Waals surface area contributed by atoms with Crippen LogP contribution in [-0.2, 0) is 6.54 Å². The second-order valence-corrected chi connectivity index (χ2v) is 5.27. The normalized spacial score (nSPS) is 11.6. The molecule has 0 fully saturated rings. The van der Waals surface area contributed by atoms with Gasteiger partial charge >= 0.3 is 0 Å². The van der Waals surface area contributed by atoms with Gasteiger partial charge in [-0.2, -0.15) is 11.3 Å². The average molecular weight is 275 g/mol. The fourth-order valence-corrected chi connectivity index (χ4v) is 2.64. The molecule has 2 rings (SSSR count). The summed E-state index contributed by atoms with van der Waals surface area (Å²) in [5, 5.41) is 16.2. The van der Waals surface area contributed by atoms with Gasteiger partial charge in [0.1, 0.15) is 0 Å². The maximum Gasteiger partial charge on any atom is 0.172 e. The summed E-state index contributed by atoms with van der Waals surface area (Å²) in [5.74, 6) is 0.135. The second kappa shape index (κ2) is 5.75. The van der Waals surface area contributed by atoms with Crippen LogP contribution in [0.25, 0.3) is 0 Å². The van der Waals surface area contributed by atoms with Crippen LogP contribution < -0.4 is 10.6 Å². The summed E-state index contributed by atoms with van der Waals surface area (Å²) >= 11 is 1.68. The number of thiophene rings is 1. The first kappa shape index (κ1) is 13.4. The van der Waals surface area contributed by atoms with Crippen molar-refractivity contribution >= 4 is 22.9 Å². The van der Waals surface area contributed by atoms with Crippen molar-refractivity contribution in [3.63, 3.8) is 0 Å². The molecule has 0 unspecified atom stereocenters. The van der Waals surface area contributed by atoms with Crippen molar-refractivity contribution in [2.45, 2.75) is 13.5 Å². The van der Waals surface area contributed by atoms with Crippen molar-refractivity contribution < 1.29 is 5.21 Å². The van der Waals surface area contributed by atoms with E-state index in [1.54, 1.807) is 11.3 Å². The molecule has 1 aromatic heterocycles. The highest BCUT2D eigenvalue weighted by molar-refractivity contribution is 7.07. The van der Waals surface area contributed by atoms with Gasteiger partial charge in [0.05, 0.1) is 0 Å². The number of anilines is 1. The van der Waals surface area contributed by atoms with Gasteiger partial charge in [-0.15, -0.1) is 0 Å². The molecule has 100 valence electrons. The van der Waals surface area contributed by atoms with Crippen molar-refractivity contribution in [3.05, 3.63) is 51.7 Å². The molecule has 1 aromatic carbocycles. The summed E-state index contributed by atoms with van der Waals surface area (Å²) in [4.78, 5) is 2.09.